The van der Waals surface area contributed by atoms with Gasteiger partial charge in [0, 0.05) is 24.2 Å². The van der Waals surface area contributed by atoms with Crippen molar-refractivity contribution in [1.29, 1.82) is 0 Å². The van der Waals surface area contributed by atoms with Gasteiger partial charge in [-0.3, -0.25) is 4.79 Å². The molecular weight excluding hydrogens is 312 g/mol. The van der Waals surface area contributed by atoms with E-state index < -0.39 is 0 Å². The molecule has 5 rings (SSSR count). The molecular formula is C22H34O3. The van der Waals surface area contributed by atoms with E-state index in [2.05, 4.69) is 20.8 Å². The van der Waals surface area contributed by atoms with Gasteiger partial charge < -0.3 is 9.47 Å². The van der Waals surface area contributed by atoms with Crippen molar-refractivity contribution in [2.75, 3.05) is 13.2 Å². The van der Waals surface area contributed by atoms with Crippen molar-refractivity contribution in [2.24, 2.45) is 34.0 Å². The molecule has 5 aliphatic rings. The van der Waals surface area contributed by atoms with Gasteiger partial charge in [-0.15, -0.1) is 0 Å². The molecule has 1 heterocycles. The SMILES string of the molecule is C[C@]12CCCC3(OCCO3)C1CC[C@@H]1[C@@H]2CC[C@]2(C)C(=O)CC[C@@]12C. The van der Waals surface area contributed by atoms with Gasteiger partial charge in [0.2, 0.25) is 0 Å². The van der Waals surface area contributed by atoms with Crippen molar-refractivity contribution in [3.05, 3.63) is 0 Å². The van der Waals surface area contributed by atoms with Crippen molar-refractivity contribution in [3.63, 3.8) is 0 Å². The number of ether oxygens (including phenoxy) is 2. The van der Waals surface area contributed by atoms with Crippen LogP contribution in [0.4, 0.5) is 0 Å². The number of rotatable bonds is 0. The number of ketones is 1. The van der Waals surface area contributed by atoms with Gasteiger partial charge in [-0.1, -0.05) is 20.8 Å². The normalized spacial score (nSPS) is 54.2. The fourth-order valence-electron chi connectivity index (χ4n) is 8.38. The van der Waals surface area contributed by atoms with Crippen LogP contribution in [0.5, 0.6) is 0 Å². The molecule has 1 unspecified atom stereocenters. The Labute approximate surface area is 152 Å². The van der Waals surface area contributed by atoms with Gasteiger partial charge in [0.25, 0.3) is 0 Å². The van der Waals surface area contributed by atoms with Crippen LogP contribution in [0.25, 0.3) is 0 Å². The minimum atomic E-state index is -0.287. The average molecular weight is 347 g/mol. The topological polar surface area (TPSA) is 35.5 Å². The fourth-order valence-corrected chi connectivity index (χ4v) is 8.38. The first-order valence-corrected chi connectivity index (χ1v) is 10.7. The van der Waals surface area contributed by atoms with Crippen LogP contribution in [0.2, 0.25) is 0 Å². The summed E-state index contributed by atoms with van der Waals surface area (Å²) < 4.78 is 12.5. The molecule has 0 bridgehead atoms. The van der Waals surface area contributed by atoms with Crippen LogP contribution in [0.15, 0.2) is 0 Å². The predicted octanol–water partition coefficient (Wildman–Crippen LogP) is 4.73. The number of fused-ring (bicyclic) bond motifs is 6. The average Bonchev–Trinajstić information content (AvgIpc) is 3.13. The second-order valence-electron chi connectivity index (χ2n) is 10.4. The van der Waals surface area contributed by atoms with Crippen LogP contribution in [0.1, 0.15) is 78.6 Å². The van der Waals surface area contributed by atoms with E-state index in [9.17, 15) is 4.79 Å². The Kier molecular flexibility index (Phi) is 3.41. The zero-order valence-electron chi connectivity index (χ0n) is 16.2. The van der Waals surface area contributed by atoms with Gasteiger partial charge in [-0.05, 0) is 67.6 Å². The summed E-state index contributed by atoms with van der Waals surface area (Å²) in [5.74, 6) is 2.24. The first kappa shape index (κ1) is 16.7. The molecule has 5 fully saturated rings. The smallest absolute Gasteiger partial charge is 0.171 e. The monoisotopic (exact) mass is 346 g/mol. The van der Waals surface area contributed by atoms with Gasteiger partial charge in [0.05, 0.1) is 13.2 Å². The highest BCUT2D eigenvalue weighted by Gasteiger charge is 2.68. The first-order chi connectivity index (χ1) is 11.9. The van der Waals surface area contributed by atoms with E-state index in [0.717, 1.165) is 44.8 Å². The van der Waals surface area contributed by atoms with E-state index in [-0.39, 0.29) is 16.6 Å². The minimum absolute atomic E-state index is 0.0654. The molecule has 0 N–H and O–H groups in total. The van der Waals surface area contributed by atoms with E-state index in [4.69, 9.17) is 9.47 Å². The molecule has 0 amide bonds. The van der Waals surface area contributed by atoms with Crippen LogP contribution in [0.3, 0.4) is 0 Å². The maximum Gasteiger partial charge on any atom is 0.171 e. The molecule has 3 heteroatoms. The van der Waals surface area contributed by atoms with Crippen LogP contribution in [-0.2, 0) is 14.3 Å². The molecule has 0 aromatic heterocycles. The molecule has 25 heavy (non-hydrogen) atoms. The third kappa shape index (κ3) is 1.87. The predicted molar refractivity (Wildman–Crippen MR) is 96.0 cm³/mol. The molecule has 0 aromatic carbocycles. The van der Waals surface area contributed by atoms with Gasteiger partial charge in [-0.25, -0.2) is 0 Å². The van der Waals surface area contributed by atoms with E-state index in [1.165, 1.54) is 32.1 Å². The molecule has 1 spiro atoms. The fraction of sp³-hybridized carbons (Fsp3) is 0.955. The van der Waals surface area contributed by atoms with E-state index in [1.54, 1.807) is 0 Å². The largest absolute Gasteiger partial charge is 0.347 e. The molecule has 4 saturated carbocycles. The lowest BCUT2D eigenvalue weighted by Crippen LogP contribution is -2.62. The first-order valence-electron chi connectivity index (χ1n) is 10.7. The van der Waals surface area contributed by atoms with Crippen LogP contribution >= 0.6 is 0 Å². The highest BCUT2D eigenvalue weighted by molar-refractivity contribution is 5.88. The Morgan fingerprint density at radius 2 is 1.64 bits per heavy atom. The Balaban J connectivity index is 1.53. The highest BCUT2D eigenvalue weighted by atomic mass is 16.7. The van der Waals surface area contributed by atoms with Crippen LogP contribution < -0.4 is 0 Å². The Morgan fingerprint density at radius 3 is 2.40 bits per heavy atom. The molecule has 4 aliphatic carbocycles. The van der Waals surface area contributed by atoms with Crippen molar-refractivity contribution in [3.8, 4) is 0 Å². The molecule has 1 saturated heterocycles. The Morgan fingerprint density at radius 1 is 0.880 bits per heavy atom. The molecule has 0 aromatic rings. The third-order valence-corrected chi connectivity index (χ3v) is 9.96. The van der Waals surface area contributed by atoms with Crippen molar-refractivity contribution in [1.82, 2.24) is 0 Å². The van der Waals surface area contributed by atoms with Gasteiger partial charge in [-0.2, -0.15) is 0 Å². The lowest BCUT2D eigenvalue weighted by Gasteiger charge is -2.65. The Hall–Kier alpha value is -0.410. The number of hydrogen-bond acceptors (Lipinski definition) is 3. The summed E-state index contributed by atoms with van der Waals surface area (Å²) in [4.78, 5) is 12.7. The maximum absolute atomic E-state index is 12.7. The quantitative estimate of drug-likeness (QED) is 0.636. The summed E-state index contributed by atoms with van der Waals surface area (Å²) in [5, 5.41) is 0. The maximum atomic E-state index is 12.7. The summed E-state index contributed by atoms with van der Waals surface area (Å²) in [5.41, 5.74) is 0.467. The molecule has 1 aliphatic heterocycles. The van der Waals surface area contributed by atoms with Gasteiger partial charge in [0.1, 0.15) is 5.78 Å². The van der Waals surface area contributed by atoms with Crippen molar-refractivity contribution >= 4 is 5.78 Å². The van der Waals surface area contributed by atoms with Crippen molar-refractivity contribution in [2.45, 2.75) is 84.3 Å². The zero-order chi connectivity index (χ0) is 17.5. The number of carbonyl (C=O) groups is 1. The third-order valence-electron chi connectivity index (χ3n) is 9.96. The standard InChI is InChI=1S/C22H34O3/c1-19-9-4-10-22(24-13-14-25-22)17(19)6-5-16-15(19)7-11-21(3)18(23)8-12-20(16,21)2/h15-17H,4-14H2,1-3H3/t15-,16+,17?,19+,20-,21+/m0/s1. The molecule has 140 valence electrons. The number of Topliss-reactive ketones (excluding diaryl/α,β-unsaturated/α-hetero) is 1. The van der Waals surface area contributed by atoms with E-state index in [1.807, 2.05) is 0 Å². The summed E-state index contributed by atoms with van der Waals surface area (Å²) in [6, 6.07) is 0. The highest BCUT2D eigenvalue weighted by Crippen LogP contribution is 2.71. The molecule has 0 radical (unpaired) electrons. The zero-order valence-corrected chi connectivity index (χ0v) is 16.2. The summed E-state index contributed by atoms with van der Waals surface area (Å²) in [6.45, 7) is 8.83. The lowest BCUT2D eigenvalue weighted by atomic mass is 9.40. The van der Waals surface area contributed by atoms with Gasteiger partial charge >= 0.3 is 0 Å². The molecule has 6 atom stereocenters. The van der Waals surface area contributed by atoms with Crippen LogP contribution in [0, 0.1) is 34.0 Å². The second kappa shape index (κ2) is 5.10. The Bertz CT molecular complexity index is 594. The van der Waals surface area contributed by atoms with Gasteiger partial charge in [0.15, 0.2) is 5.79 Å². The number of hydrogen-bond donors (Lipinski definition) is 0. The summed E-state index contributed by atoms with van der Waals surface area (Å²) >= 11 is 0. The van der Waals surface area contributed by atoms with Crippen molar-refractivity contribution < 1.29 is 14.3 Å². The minimum Gasteiger partial charge on any atom is -0.347 e. The van der Waals surface area contributed by atoms with E-state index in [0.29, 0.717) is 23.0 Å². The molecule has 3 nitrogen and oxygen atoms in total. The van der Waals surface area contributed by atoms with Crippen LogP contribution in [-0.4, -0.2) is 24.8 Å². The van der Waals surface area contributed by atoms with E-state index >= 15 is 0 Å². The summed E-state index contributed by atoms with van der Waals surface area (Å²) in [7, 11) is 0. The lowest BCUT2D eigenvalue weighted by molar-refractivity contribution is -0.277. The summed E-state index contributed by atoms with van der Waals surface area (Å²) in [6.07, 6.45) is 10.4. The number of carbonyl (C=O) groups excluding carboxylic acids is 1. The second-order valence-corrected chi connectivity index (χ2v) is 10.4.